The van der Waals surface area contributed by atoms with Crippen LogP contribution in [0.4, 0.5) is 13.2 Å². The molecular formula is C14H18F3N3O2S. The first-order chi connectivity index (χ1) is 10.6. The summed E-state index contributed by atoms with van der Waals surface area (Å²) in [5.74, 6) is 4.40. The molecule has 1 amide bonds. The quantitative estimate of drug-likeness (QED) is 0.786. The van der Waals surface area contributed by atoms with Gasteiger partial charge in [0.15, 0.2) is 0 Å². The molecule has 0 aromatic carbocycles. The number of thiazole rings is 1. The zero-order valence-corrected chi connectivity index (χ0v) is 13.8. The predicted octanol–water partition coefficient (Wildman–Crippen LogP) is 1.27. The van der Waals surface area contributed by atoms with Crippen LogP contribution in [0, 0.1) is 18.8 Å². The van der Waals surface area contributed by atoms with Crippen LogP contribution in [0.1, 0.15) is 17.1 Å². The van der Waals surface area contributed by atoms with Gasteiger partial charge in [-0.3, -0.25) is 9.69 Å². The largest absolute Gasteiger partial charge is 0.424 e. The van der Waals surface area contributed by atoms with Crippen LogP contribution in [0.15, 0.2) is 5.38 Å². The second kappa shape index (κ2) is 7.77. The Morgan fingerprint density at radius 1 is 1.43 bits per heavy atom. The zero-order valence-electron chi connectivity index (χ0n) is 13.0. The van der Waals surface area contributed by atoms with Crippen LogP contribution < -0.4 is 5.32 Å². The highest BCUT2D eigenvalue weighted by molar-refractivity contribution is 7.09. The fourth-order valence-electron chi connectivity index (χ4n) is 1.56. The Morgan fingerprint density at radius 2 is 2.09 bits per heavy atom. The Labute approximate surface area is 136 Å². The number of aryl methyl sites for hydroxylation is 1. The van der Waals surface area contributed by atoms with Gasteiger partial charge in [-0.05, 0) is 21.0 Å². The van der Waals surface area contributed by atoms with E-state index in [9.17, 15) is 23.1 Å². The van der Waals surface area contributed by atoms with Gasteiger partial charge in [0.1, 0.15) is 5.01 Å². The number of halogens is 3. The molecular weight excluding hydrogens is 331 g/mol. The number of hydrogen-bond donors (Lipinski definition) is 2. The van der Waals surface area contributed by atoms with E-state index in [1.54, 1.807) is 0 Å². The zero-order chi connectivity index (χ0) is 17.7. The van der Waals surface area contributed by atoms with Crippen LogP contribution >= 0.6 is 11.3 Å². The monoisotopic (exact) mass is 349 g/mol. The molecule has 9 heteroatoms. The average Bonchev–Trinajstić information content (AvgIpc) is 2.83. The SMILES string of the molecule is Cc1csc(C(O)(CC(=O)NCC#CCN(C)C)C(F)(F)F)n1. The molecule has 0 fully saturated rings. The summed E-state index contributed by atoms with van der Waals surface area (Å²) < 4.78 is 39.6. The van der Waals surface area contributed by atoms with E-state index in [0.29, 0.717) is 23.6 Å². The number of amides is 1. The fraction of sp³-hybridized carbons (Fsp3) is 0.571. The van der Waals surface area contributed by atoms with Gasteiger partial charge in [0.25, 0.3) is 0 Å². The lowest BCUT2D eigenvalue weighted by atomic mass is 9.99. The van der Waals surface area contributed by atoms with Gasteiger partial charge in [-0.15, -0.1) is 11.3 Å². The molecule has 1 aromatic rings. The number of alkyl halides is 3. The lowest BCUT2D eigenvalue weighted by molar-refractivity contribution is -0.267. The maximum absolute atomic E-state index is 13.2. The van der Waals surface area contributed by atoms with Crippen LogP contribution in [0.25, 0.3) is 0 Å². The van der Waals surface area contributed by atoms with E-state index in [0.717, 1.165) is 0 Å². The number of nitrogens with zero attached hydrogens (tertiary/aromatic N) is 2. The third kappa shape index (κ3) is 5.49. The van der Waals surface area contributed by atoms with E-state index in [2.05, 4.69) is 22.1 Å². The first kappa shape index (κ1) is 19.4. The van der Waals surface area contributed by atoms with Crippen LogP contribution in [-0.2, 0) is 10.4 Å². The van der Waals surface area contributed by atoms with Gasteiger partial charge in [0.2, 0.25) is 11.5 Å². The molecule has 1 atom stereocenters. The summed E-state index contributed by atoms with van der Waals surface area (Å²) >= 11 is 0.666. The van der Waals surface area contributed by atoms with E-state index < -0.39 is 29.1 Å². The summed E-state index contributed by atoms with van der Waals surface area (Å²) in [6.07, 6.45) is -6.16. The molecule has 0 radical (unpaired) electrons. The van der Waals surface area contributed by atoms with Crippen molar-refractivity contribution in [2.75, 3.05) is 27.2 Å². The predicted molar refractivity (Wildman–Crippen MR) is 80.8 cm³/mol. The summed E-state index contributed by atoms with van der Waals surface area (Å²) in [5.41, 5.74) is -2.95. The van der Waals surface area contributed by atoms with Gasteiger partial charge >= 0.3 is 6.18 Å². The molecule has 0 aliphatic carbocycles. The lowest BCUT2D eigenvalue weighted by Gasteiger charge is -2.27. The van der Waals surface area contributed by atoms with E-state index >= 15 is 0 Å². The summed E-state index contributed by atoms with van der Waals surface area (Å²) in [5, 5.41) is 13.1. The highest BCUT2D eigenvalue weighted by atomic mass is 32.1. The van der Waals surface area contributed by atoms with Gasteiger partial charge in [-0.2, -0.15) is 13.2 Å². The van der Waals surface area contributed by atoms with Crippen molar-refractivity contribution in [1.29, 1.82) is 0 Å². The van der Waals surface area contributed by atoms with Crippen molar-refractivity contribution in [2.24, 2.45) is 0 Å². The number of aliphatic hydroxyl groups is 1. The van der Waals surface area contributed by atoms with Gasteiger partial charge in [-0.1, -0.05) is 11.8 Å². The van der Waals surface area contributed by atoms with Crippen LogP contribution in [-0.4, -0.2) is 54.3 Å². The molecule has 0 bridgehead atoms. The fourth-order valence-corrected chi connectivity index (χ4v) is 2.47. The first-order valence-electron chi connectivity index (χ1n) is 6.65. The Bertz CT molecular complexity index is 604. The number of carbonyl (C=O) groups is 1. The van der Waals surface area contributed by atoms with Crippen molar-refractivity contribution in [2.45, 2.75) is 25.1 Å². The molecule has 1 unspecified atom stereocenters. The van der Waals surface area contributed by atoms with Crippen molar-refractivity contribution < 1.29 is 23.1 Å². The number of rotatable bonds is 5. The third-order valence-electron chi connectivity index (χ3n) is 2.75. The van der Waals surface area contributed by atoms with E-state index in [1.165, 1.54) is 12.3 Å². The smallest absolute Gasteiger partial charge is 0.374 e. The normalized spacial score (nSPS) is 14.1. The number of aromatic nitrogens is 1. The minimum Gasteiger partial charge on any atom is -0.374 e. The number of carbonyl (C=O) groups excluding carboxylic acids is 1. The van der Waals surface area contributed by atoms with E-state index in [4.69, 9.17) is 0 Å². The molecule has 0 saturated carbocycles. The molecule has 1 rings (SSSR count). The summed E-state index contributed by atoms with van der Waals surface area (Å²) in [4.78, 5) is 17.2. The minimum atomic E-state index is -5.01. The number of hydrogen-bond acceptors (Lipinski definition) is 5. The molecule has 1 aromatic heterocycles. The number of nitrogens with one attached hydrogen (secondary N) is 1. The van der Waals surface area contributed by atoms with Crippen molar-refractivity contribution in [3.8, 4) is 11.8 Å². The Morgan fingerprint density at radius 3 is 2.57 bits per heavy atom. The molecule has 0 aliphatic rings. The Hall–Kier alpha value is -1.63. The Balaban J connectivity index is 2.75. The molecule has 0 saturated heterocycles. The highest BCUT2D eigenvalue weighted by Crippen LogP contribution is 2.42. The van der Waals surface area contributed by atoms with Crippen LogP contribution in [0.5, 0.6) is 0 Å². The van der Waals surface area contributed by atoms with E-state index in [-0.39, 0.29) is 6.54 Å². The van der Waals surface area contributed by atoms with Crippen LogP contribution in [0.2, 0.25) is 0 Å². The maximum Gasteiger partial charge on any atom is 0.424 e. The molecule has 5 nitrogen and oxygen atoms in total. The second-order valence-electron chi connectivity index (χ2n) is 5.20. The second-order valence-corrected chi connectivity index (χ2v) is 6.06. The first-order valence-corrected chi connectivity index (χ1v) is 7.53. The van der Waals surface area contributed by atoms with Crippen LogP contribution in [0.3, 0.4) is 0 Å². The molecule has 1 heterocycles. The topological polar surface area (TPSA) is 65.5 Å². The summed E-state index contributed by atoms with van der Waals surface area (Å²) in [7, 11) is 3.62. The average molecular weight is 349 g/mol. The van der Waals surface area contributed by atoms with Gasteiger partial charge in [0, 0.05) is 11.1 Å². The molecule has 23 heavy (non-hydrogen) atoms. The summed E-state index contributed by atoms with van der Waals surface area (Å²) in [6, 6.07) is 0. The molecule has 128 valence electrons. The van der Waals surface area contributed by atoms with Crippen molar-refractivity contribution in [3.05, 3.63) is 16.1 Å². The third-order valence-corrected chi connectivity index (χ3v) is 3.86. The molecule has 2 N–H and O–H groups in total. The highest BCUT2D eigenvalue weighted by Gasteiger charge is 2.58. The van der Waals surface area contributed by atoms with Gasteiger partial charge in [-0.25, -0.2) is 4.98 Å². The summed E-state index contributed by atoms with van der Waals surface area (Å²) in [6.45, 7) is 1.90. The van der Waals surface area contributed by atoms with Gasteiger partial charge < -0.3 is 10.4 Å². The van der Waals surface area contributed by atoms with E-state index in [1.807, 2.05) is 19.0 Å². The molecule has 0 spiro atoms. The van der Waals surface area contributed by atoms with Crippen molar-refractivity contribution >= 4 is 17.2 Å². The van der Waals surface area contributed by atoms with Crippen molar-refractivity contribution in [3.63, 3.8) is 0 Å². The van der Waals surface area contributed by atoms with Crippen molar-refractivity contribution in [1.82, 2.24) is 15.2 Å². The van der Waals surface area contributed by atoms with Gasteiger partial charge in [0.05, 0.1) is 19.5 Å². The maximum atomic E-state index is 13.2. The minimum absolute atomic E-state index is 0.0858. The lowest BCUT2D eigenvalue weighted by Crippen LogP contribution is -2.46. The molecule has 0 aliphatic heterocycles. The Kier molecular flexibility index (Phi) is 6.56. The standard InChI is InChI=1S/C14H18F3N3O2S/c1-10-9-23-12(19-10)13(22,14(15,16)17)8-11(21)18-6-4-5-7-20(2)3/h9,22H,6-8H2,1-3H3,(H,18,21).